The first-order valence-electron chi connectivity index (χ1n) is 9.82. The van der Waals surface area contributed by atoms with E-state index in [0.717, 1.165) is 30.0 Å². The van der Waals surface area contributed by atoms with Crippen LogP contribution in [-0.2, 0) is 19.0 Å². The van der Waals surface area contributed by atoms with Crippen molar-refractivity contribution < 1.29 is 23.2 Å². The highest BCUT2D eigenvalue weighted by molar-refractivity contribution is 6.09. The first kappa shape index (κ1) is 19.5. The number of aromatic nitrogens is 3. The molecule has 3 N–H and O–H groups in total. The van der Waals surface area contributed by atoms with E-state index in [1.54, 1.807) is 23.8 Å². The second kappa shape index (κ2) is 7.05. The van der Waals surface area contributed by atoms with Gasteiger partial charge in [0.2, 0.25) is 0 Å². The highest BCUT2D eigenvalue weighted by atomic mass is 19.4. The van der Waals surface area contributed by atoms with Gasteiger partial charge in [-0.25, -0.2) is 10.5 Å². The van der Waals surface area contributed by atoms with E-state index in [1.165, 1.54) is 12.1 Å². The number of aromatic amines is 1. The Bertz CT molecular complexity index is 1330. The number of benzene rings is 2. The molecule has 6 nitrogen and oxygen atoms in total. The lowest BCUT2D eigenvalue weighted by Gasteiger charge is -2.23. The maximum atomic E-state index is 14.0. The third-order valence-corrected chi connectivity index (χ3v) is 5.83. The topological polar surface area (TPSA) is 90.9 Å². The molecular formula is C22H17F3N4O2. The van der Waals surface area contributed by atoms with Crippen LogP contribution in [0.1, 0.15) is 39.9 Å². The molecule has 0 saturated carbocycles. The highest BCUT2D eigenvalue weighted by Gasteiger charge is 2.36. The molecule has 2 heterocycles. The van der Waals surface area contributed by atoms with Crippen molar-refractivity contribution in [3.05, 3.63) is 58.8 Å². The number of amides is 1. The third-order valence-electron chi connectivity index (χ3n) is 5.83. The number of rotatable bonds is 2. The molecule has 1 amide bonds. The molecule has 1 aliphatic rings. The summed E-state index contributed by atoms with van der Waals surface area (Å²) in [6.45, 7) is 0. The van der Waals surface area contributed by atoms with Crippen molar-refractivity contribution >= 4 is 27.7 Å². The van der Waals surface area contributed by atoms with E-state index in [9.17, 15) is 18.0 Å². The molecule has 9 heteroatoms. The summed E-state index contributed by atoms with van der Waals surface area (Å²) in [6, 6.07) is 7.34. The number of carbonyl (C=O) groups excluding carboxylic acids is 1. The van der Waals surface area contributed by atoms with E-state index in [1.807, 2.05) is 0 Å². The SMILES string of the molecule is O=C(NO)c1ccc(-c2nc3c(C(F)(F)F)cc4[nH]ncc4c3c3c2CCCC3)cc1. The number of pyridine rings is 1. The summed E-state index contributed by atoms with van der Waals surface area (Å²) in [4.78, 5) is 16.2. The number of carbonyl (C=O) groups is 1. The first-order valence-corrected chi connectivity index (χ1v) is 9.82. The van der Waals surface area contributed by atoms with Crippen molar-refractivity contribution in [1.29, 1.82) is 0 Å². The molecule has 5 rings (SSSR count). The van der Waals surface area contributed by atoms with Gasteiger partial charge in [-0.1, -0.05) is 12.1 Å². The number of nitrogens with zero attached hydrogens (tertiary/aromatic N) is 2. The van der Waals surface area contributed by atoms with E-state index in [2.05, 4.69) is 15.2 Å². The highest BCUT2D eigenvalue weighted by Crippen LogP contribution is 2.43. The number of halogens is 3. The largest absolute Gasteiger partial charge is 0.418 e. The lowest BCUT2D eigenvalue weighted by atomic mass is 9.84. The average molecular weight is 426 g/mol. The number of hydrogen-bond donors (Lipinski definition) is 3. The van der Waals surface area contributed by atoms with Crippen molar-refractivity contribution in [3.8, 4) is 11.3 Å². The molecule has 0 spiro atoms. The molecule has 4 aromatic rings. The van der Waals surface area contributed by atoms with Gasteiger partial charge in [0.15, 0.2) is 0 Å². The number of aryl methyl sites for hydroxylation is 1. The average Bonchev–Trinajstić information content (AvgIpc) is 3.25. The van der Waals surface area contributed by atoms with Crippen LogP contribution in [0.2, 0.25) is 0 Å². The van der Waals surface area contributed by atoms with Crippen LogP contribution < -0.4 is 5.48 Å². The molecule has 0 unspecified atom stereocenters. The molecule has 0 bridgehead atoms. The van der Waals surface area contributed by atoms with Crippen LogP contribution in [0.15, 0.2) is 36.5 Å². The molecule has 0 radical (unpaired) electrons. The number of alkyl halides is 3. The minimum absolute atomic E-state index is 0.0887. The summed E-state index contributed by atoms with van der Waals surface area (Å²) in [7, 11) is 0. The second-order valence-corrected chi connectivity index (χ2v) is 7.62. The van der Waals surface area contributed by atoms with Crippen LogP contribution >= 0.6 is 0 Å². The van der Waals surface area contributed by atoms with Crippen LogP contribution in [0.25, 0.3) is 33.1 Å². The fraction of sp³-hybridized carbons (Fsp3) is 0.227. The molecule has 0 fully saturated rings. The summed E-state index contributed by atoms with van der Waals surface area (Å²) in [5.41, 5.74) is 4.16. The molecule has 0 aliphatic heterocycles. The Labute approximate surface area is 174 Å². The van der Waals surface area contributed by atoms with Crippen molar-refractivity contribution in [2.75, 3.05) is 0 Å². The fourth-order valence-corrected chi connectivity index (χ4v) is 4.42. The summed E-state index contributed by atoms with van der Waals surface area (Å²) >= 11 is 0. The van der Waals surface area contributed by atoms with Crippen molar-refractivity contribution in [2.24, 2.45) is 0 Å². The third kappa shape index (κ3) is 3.12. The minimum atomic E-state index is -4.58. The van der Waals surface area contributed by atoms with Crippen molar-refractivity contribution in [3.63, 3.8) is 0 Å². The first-order chi connectivity index (χ1) is 14.9. The summed E-state index contributed by atoms with van der Waals surface area (Å²) in [6.07, 6.45) is 0.155. The molecule has 0 saturated heterocycles. The van der Waals surface area contributed by atoms with Gasteiger partial charge in [0.25, 0.3) is 5.91 Å². The van der Waals surface area contributed by atoms with Gasteiger partial charge in [0, 0.05) is 21.9 Å². The van der Waals surface area contributed by atoms with Gasteiger partial charge in [-0.2, -0.15) is 18.3 Å². The molecule has 31 heavy (non-hydrogen) atoms. The number of H-pyrrole nitrogens is 1. The smallest absolute Gasteiger partial charge is 0.288 e. The van der Waals surface area contributed by atoms with E-state index in [0.29, 0.717) is 40.4 Å². The quantitative estimate of drug-likeness (QED) is 0.317. The number of hydrogen-bond acceptors (Lipinski definition) is 4. The van der Waals surface area contributed by atoms with Crippen LogP contribution in [0.5, 0.6) is 0 Å². The standard InChI is InChI=1S/C22H17F3N4O2/c23-22(24,25)16-9-17-15(10-26-28-17)18-13-3-1-2-4-14(13)19(27-20(16)18)11-5-7-12(8-6-11)21(30)29-31/h5-10,31H,1-4H2,(H,26,28)(H,29,30). The summed E-state index contributed by atoms with van der Waals surface area (Å²) in [5, 5.41) is 16.6. The van der Waals surface area contributed by atoms with Crippen LogP contribution in [0.3, 0.4) is 0 Å². The minimum Gasteiger partial charge on any atom is -0.288 e. The van der Waals surface area contributed by atoms with Crippen molar-refractivity contribution in [2.45, 2.75) is 31.9 Å². The molecule has 2 aromatic carbocycles. The maximum Gasteiger partial charge on any atom is 0.418 e. The Morgan fingerprint density at radius 1 is 1.10 bits per heavy atom. The van der Waals surface area contributed by atoms with Gasteiger partial charge in [-0.15, -0.1) is 0 Å². The second-order valence-electron chi connectivity index (χ2n) is 7.62. The molecular weight excluding hydrogens is 409 g/mol. The Kier molecular flexibility index (Phi) is 4.44. The zero-order valence-electron chi connectivity index (χ0n) is 16.2. The van der Waals surface area contributed by atoms with Crippen LogP contribution in [-0.4, -0.2) is 26.3 Å². The maximum absolute atomic E-state index is 14.0. The van der Waals surface area contributed by atoms with E-state index >= 15 is 0 Å². The molecule has 0 atom stereocenters. The lowest BCUT2D eigenvalue weighted by molar-refractivity contribution is -0.136. The van der Waals surface area contributed by atoms with Gasteiger partial charge in [0.05, 0.1) is 28.5 Å². The molecule has 2 aromatic heterocycles. The Morgan fingerprint density at radius 2 is 1.81 bits per heavy atom. The zero-order chi connectivity index (χ0) is 21.8. The number of fused-ring (bicyclic) bond motifs is 5. The van der Waals surface area contributed by atoms with Gasteiger partial charge < -0.3 is 0 Å². The van der Waals surface area contributed by atoms with Crippen LogP contribution in [0.4, 0.5) is 13.2 Å². The summed E-state index contributed by atoms with van der Waals surface area (Å²) < 4.78 is 41.9. The lowest BCUT2D eigenvalue weighted by Crippen LogP contribution is -2.18. The van der Waals surface area contributed by atoms with E-state index in [-0.39, 0.29) is 11.1 Å². The van der Waals surface area contributed by atoms with E-state index in [4.69, 9.17) is 5.21 Å². The number of nitrogens with one attached hydrogen (secondary N) is 2. The van der Waals surface area contributed by atoms with Crippen molar-refractivity contribution in [1.82, 2.24) is 20.7 Å². The van der Waals surface area contributed by atoms with Crippen LogP contribution in [0, 0.1) is 0 Å². The monoisotopic (exact) mass is 426 g/mol. The van der Waals surface area contributed by atoms with Gasteiger partial charge in [-0.3, -0.25) is 15.1 Å². The summed E-state index contributed by atoms with van der Waals surface area (Å²) in [5.74, 6) is -0.665. The predicted octanol–water partition coefficient (Wildman–Crippen LogP) is 4.79. The molecule has 1 aliphatic carbocycles. The molecule has 158 valence electrons. The normalized spacial score (nSPS) is 14.1. The van der Waals surface area contributed by atoms with Gasteiger partial charge in [0.1, 0.15) is 0 Å². The fourth-order valence-electron chi connectivity index (χ4n) is 4.42. The van der Waals surface area contributed by atoms with Gasteiger partial charge >= 0.3 is 6.18 Å². The van der Waals surface area contributed by atoms with E-state index < -0.39 is 17.6 Å². The Balaban J connectivity index is 1.84. The van der Waals surface area contributed by atoms with Gasteiger partial charge in [-0.05, 0) is 55.0 Å². The Morgan fingerprint density at radius 3 is 2.48 bits per heavy atom. The Hall–Kier alpha value is -3.46. The number of hydroxylamine groups is 1. The predicted molar refractivity (Wildman–Crippen MR) is 108 cm³/mol. The zero-order valence-corrected chi connectivity index (χ0v) is 16.2.